The summed E-state index contributed by atoms with van der Waals surface area (Å²) in [6, 6.07) is 0. The molecular formula is C7H7F2N3O2. The van der Waals surface area contributed by atoms with Gasteiger partial charge in [0.1, 0.15) is 0 Å². The van der Waals surface area contributed by atoms with Crippen molar-refractivity contribution in [3.63, 3.8) is 0 Å². The molecule has 76 valence electrons. The van der Waals surface area contributed by atoms with Gasteiger partial charge in [-0.15, -0.1) is 0 Å². The van der Waals surface area contributed by atoms with E-state index in [1.165, 1.54) is 0 Å². The molecule has 0 aliphatic heterocycles. The van der Waals surface area contributed by atoms with Crippen LogP contribution in [0.1, 0.15) is 22.5 Å². The second-order valence-corrected chi connectivity index (χ2v) is 2.50. The van der Waals surface area contributed by atoms with E-state index in [2.05, 4.69) is 4.98 Å². The third kappa shape index (κ3) is 1.56. The molecule has 0 saturated carbocycles. The number of aromatic nitrogens is 1. The molecule has 5 N–H and O–H groups in total. The highest BCUT2D eigenvalue weighted by atomic mass is 19.3. The lowest BCUT2D eigenvalue weighted by Crippen LogP contribution is -2.11. The monoisotopic (exact) mass is 203 g/mol. The van der Waals surface area contributed by atoms with Crippen molar-refractivity contribution in [2.24, 2.45) is 0 Å². The van der Waals surface area contributed by atoms with E-state index in [0.717, 1.165) is 6.20 Å². The van der Waals surface area contributed by atoms with Crippen molar-refractivity contribution in [1.82, 2.24) is 4.98 Å². The van der Waals surface area contributed by atoms with Crippen molar-refractivity contribution in [2.45, 2.75) is 6.43 Å². The summed E-state index contributed by atoms with van der Waals surface area (Å²) in [5.74, 6) is -1.56. The van der Waals surface area contributed by atoms with E-state index in [1.807, 2.05) is 0 Å². The summed E-state index contributed by atoms with van der Waals surface area (Å²) >= 11 is 0. The Morgan fingerprint density at radius 3 is 2.50 bits per heavy atom. The lowest BCUT2D eigenvalue weighted by Gasteiger charge is -2.09. The predicted octanol–water partition coefficient (Wildman–Crippen LogP) is 0.882. The molecule has 7 heteroatoms. The van der Waals surface area contributed by atoms with Gasteiger partial charge in [-0.3, -0.25) is 0 Å². The number of hydrogen-bond donors (Lipinski definition) is 3. The number of nitrogens with zero attached hydrogens (tertiary/aromatic N) is 1. The second-order valence-electron chi connectivity index (χ2n) is 2.50. The molecule has 0 saturated heterocycles. The molecule has 0 spiro atoms. The molecule has 0 atom stereocenters. The molecular weight excluding hydrogens is 196 g/mol. The van der Waals surface area contributed by atoms with Gasteiger partial charge in [0, 0.05) is 0 Å². The summed E-state index contributed by atoms with van der Waals surface area (Å²) in [6.07, 6.45) is -2.08. The van der Waals surface area contributed by atoms with Gasteiger partial charge in [-0.1, -0.05) is 0 Å². The van der Waals surface area contributed by atoms with Gasteiger partial charge in [0.25, 0.3) is 6.43 Å². The minimum atomic E-state index is -3.02. The highest BCUT2D eigenvalue weighted by Crippen LogP contribution is 2.30. The summed E-state index contributed by atoms with van der Waals surface area (Å²) in [6.45, 7) is 0. The second kappa shape index (κ2) is 3.44. The van der Waals surface area contributed by atoms with E-state index in [1.54, 1.807) is 0 Å². The van der Waals surface area contributed by atoms with E-state index >= 15 is 0 Å². The maximum absolute atomic E-state index is 12.4. The number of nitrogen functional groups attached to an aromatic ring is 2. The smallest absolute Gasteiger partial charge is 0.355 e. The van der Waals surface area contributed by atoms with Gasteiger partial charge in [0.05, 0.1) is 23.1 Å². The fourth-order valence-corrected chi connectivity index (χ4v) is 0.948. The number of aromatic carboxylic acids is 1. The molecule has 0 aromatic carbocycles. The maximum atomic E-state index is 12.4. The van der Waals surface area contributed by atoms with Gasteiger partial charge in [-0.05, 0) is 0 Å². The topological polar surface area (TPSA) is 102 Å². The number of carboxylic acid groups (broad SMARTS) is 1. The summed E-state index contributed by atoms with van der Waals surface area (Å²) in [5.41, 5.74) is 8.22. The molecule has 5 nitrogen and oxygen atoms in total. The number of halogens is 2. The minimum Gasteiger partial charge on any atom is -0.476 e. The summed E-state index contributed by atoms with van der Waals surface area (Å²) in [4.78, 5) is 13.8. The Morgan fingerprint density at radius 1 is 1.50 bits per heavy atom. The van der Waals surface area contributed by atoms with Crippen LogP contribution in [0, 0.1) is 0 Å². The molecule has 0 unspecified atom stereocenters. The standard InChI is InChI=1S/C7H7F2N3O2/c8-6(9)3-4(11)2(10)1-12-5(3)7(13)14/h1,6H,10H2,(H2,11,12)(H,13,14). The molecule has 0 amide bonds. The van der Waals surface area contributed by atoms with Gasteiger partial charge in [-0.25, -0.2) is 18.6 Å². The van der Waals surface area contributed by atoms with Crippen LogP contribution in [0.4, 0.5) is 20.2 Å². The van der Waals surface area contributed by atoms with Gasteiger partial charge >= 0.3 is 5.97 Å². The molecule has 1 heterocycles. The number of alkyl halides is 2. The maximum Gasteiger partial charge on any atom is 0.355 e. The van der Waals surface area contributed by atoms with Crippen molar-refractivity contribution in [1.29, 1.82) is 0 Å². The van der Waals surface area contributed by atoms with Gasteiger partial charge in [-0.2, -0.15) is 0 Å². The number of rotatable bonds is 2. The highest BCUT2D eigenvalue weighted by Gasteiger charge is 2.23. The van der Waals surface area contributed by atoms with E-state index in [-0.39, 0.29) is 5.69 Å². The largest absolute Gasteiger partial charge is 0.476 e. The van der Waals surface area contributed by atoms with Crippen molar-refractivity contribution >= 4 is 17.3 Å². The molecule has 0 fully saturated rings. The average molecular weight is 203 g/mol. The van der Waals surface area contributed by atoms with Crippen molar-refractivity contribution in [3.05, 3.63) is 17.5 Å². The Labute approximate surface area is 77.3 Å². The fraction of sp³-hybridized carbons (Fsp3) is 0.143. The van der Waals surface area contributed by atoms with E-state index < -0.39 is 29.3 Å². The normalized spacial score (nSPS) is 10.5. The van der Waals surface area contributed by atoms with E-state index in [4.69, 9.17) is 16.6 Å². The number of carbonyl (C=O) groups is 1. The minimum absolute atomic E-state index is 0.162. The molecule has 0 aliphatic carbocycles. The lowest BCUT2D eigenvalue weighted by molar-refractivity contribution is 0.0677. The molecule has 0 bridgehead atoms. The first-order chi connectivity index (χ1) is 6.45. The first kappa shape index (κ1) is 10.2. The number of nitrogens with two attached hydrogens (primary N) is 2. The van der Waals surface area contributed by atoms with Crippen LogP contribution in [0.15, 0.2) is 6.20 Å². The third-order valence-corrected chi connectivity index (χ3v) is 1.61. The van der Waals surface area contributed by atoms with Gasteiger partial charge in [0.15, 0.2) is 5.69 Å². The number of pyridine rings is 1. The number of carboxylic acids is 1. The quantitative estimate of drug-likeness (QED) is 0.662. The van der Waals surface area contributed by atoms with E-state index in [9.17, 15) is 13.6 Å². The molecule has 0 radical (unpaired) electrons. The first-order valence-corrected chi connectivity index (χ1v) is 3.50. The zero-order valence-corrected chi connectivity index (χ0v) is 6.87. The van der Waals surface area contributed by atoms with Gasteiger partial charge < -0.3 is 16.6 Å². The average Bonchev–Trinajstić information content (AvgIpc) is 2.08. The Kier molecular flexibility index (Phi) is 2.50. The molecule has 0 aliphatic rings. The Hall–Kier alpha value is -1.92. The molecule has 1 aromatic rings. The Morgan fingerprint density at radius 2 is 2.07 bits per heavy atom. The predicted molar refractivity (Wildman–Crippen MR) is 45.0 cm³/mol. The van der Waals surface area contributed by atoms with Crippen LogP contribution in [0.2, 0.25) is 0 Å². The van der Waals surface area contributed by atoms with Crippen LogP contribution in [0.25, 0.3) is 0 Å². The number of anilines is 2. The summed E-state index contributed by atoms with van der Waals surface area (Å²) < 4.78 is 24.8. The SMILES string of the molecule is Nc1cnc(C(=O)O)c(C(F)F)c1N. The van der Waals surface area contributed by atoms with Crippen LogP contribution in [0.3, 0.4) is 0 Å². The summed E-state index contributed by atoms with van der Waals surface area (Å²) in [5, 5.41) is 8.54. The van der Waals surface area contributed by atoms with Crippen LogP contribution < -0.4 is 11.5 Å². The van der Waals surface area contributed by atoms with Gasteiger partial charge in [0.2, 0.25) is 0 Å². The zero-order valence-electron chi connectivity index (χ0n) is 6.87. The van der Waals surface area contributed by atoms with Crippen LogP contribution in [-0.2, 0) is 0 Å². The molecule has 14 heavy (non-hydrogen) atoms. The van der Waals surface area contributed by atoms with Crippen LogP contribution in [0.5, 0.6) is 0 Å². The fourth-order valence-electron chi connectivity index (χ4n) is 0.948. The Balaban J connectivity index is 3.45. The third-order valence-electron chi connectivity index (χ3n) is 1.61. The van der Waals surface area contributed by atoms with E-state index in [0.29, 0.717) is 0 Å². The van der Waals surface area contributed by atoms with Crippen molar-refractivity contribution in [2.75, 3.05) is 11.5 Å². The Bertz CT molecular complexity index is 381. The summed E-state index contributed by atoms with van der Waals surface area (Å²) in [7, 11) is 0. The van der Waals surface area contributed by atoms with Crippen molar-refractivity contribution < 1.29 is 18.7 Å². The first-order valence-electron chi connectivity index (χ1n) is 3.50. The van der Waals surface area contributed by atoms with Crippen LogP contribution >= 0.6 is 0 Å². The number of hydrogen-bond acceptors (Lipinski definition) is 4. The molecule has 1 rings (SSSR count). The lowest BCUT2D eigenvalue weighted by atomic mass is 10.1. The zero-order chi connectivity index (χ0) is 10.9. The molecule has 1 aromatic heterocycles. The van der Waals surface area contributed by atoms with Crippen molar-refractivity contribution in [3.8, 4) is 0 Å². The van der Waals surface area contributed by atoms with Crippen LogP contribution in [-0.4, -0.2) is 16.1 Å². The highest BCUT2D eigenvalue weighted by molar-refractivity contribution is 5.90.